The minimum Gasteiger partial charge on any atom is -0.497 e. The summed E-state index contributed by atoms with van der Waals surface area (Å²) < 4.78 is 11.4. The predicted molar refractivity (Wildman–Crippen MR) is 85.9 cm³/mol. The number of ether oxygens (including phenoxy) is 2. The average Bonchev–Trinajstić information content (AvgIpc) is 2.55. The highest BCUT2D eigenvalue weighted by Gasteiger charge is 2.21. The zero-order chi connectivity index (χ0) is 14.7. The molecule has 1 unspecified atom stereocenters. The van der Waals surface area contributed by atoms with Crippen LogP contribution in [0.25, 0.3) is 11.8 Å². The van der Waals surface area contributed by atoms with E-state index >= 15 is 0 Å². The van der Waals surface area contributed by atoms with Crippen molar-refractivity contribution in [3.63, 3.8) is 0 Å². The zero-order valence-electron chi connectivity index (χ0n) is 12.1. The van der Waals surface area contributed by atoms with Gasteiger partial charge in [-0.25, -0.2) is 0 Å². The Hall–Kier alpha value is -2.48. The first-order valence-electron chi connectivity index (χ1n) is 7.04. The molecule has 1 heterocycles. The molecule has 1 aliphatic rings. The van der Waals surface area contributed by atoms with Gasteiger partial charge in [-0.05, 0) is 41.5 Å². The minimum atomic E-state index is 0.0285. The van der Waals surface area contributed by atoms with Crippen LogP contribution in [0.5, 0.6) is 5.75 Å². The molecule has 1 aliphatic heterocycles. The van der Waals surface area contributed by atoms with Crippen molar-refractivity contribution in [3.05, 3.63) is 77.9 Å². The van der Waals surface area contributed by atoms with E-state index in [1.165, 1.54) is 11.1 Å². The van der Waals surface area contributed by atoms with E-state index in [2.05, 4.69) is 30.9 Å². The van der Waals surface area contributed by atoms with E-state index in [0.29, 0.717) is 0 Å². The fourth-order valence-electron chi connectivity index (χ4n) is 2.56. The topological polar surface area (TPSA) is 18.5 Å². The van der Waals surface area contributed by atoms with Crippen LogP contribution in [0.2, 0.25) is 0 Å². The van der Waals surface area contributed by atoms with Gasteiger partial charge in [-0.15, -0.1) is 6.58 Å². The van der Waals surface area contributed by atoms with Crippen LogP contribution in [0.15, 0.2) is 61.2 Å². The molecule has 0 bridgehead atoms. The van der Waals surface area contributed by atoms with E-state index < -0.39 is 0 Å². The molecule has 0 amide bonds. The van der Waals surface area contributed by atoms with Gasteiger partial charge in [-0.1, -0.05) is 30.3 Å². The second-order valence-corrected chi connectivity index (χ2v) is 5.00. The van der Waals surface area contributed by atoms with Gasteiger partial charge in [0.25, 0.3) is 0 Å². The predicted octanol–water partition coefficient (Wildman–Crippen LogP) is 4.84. The first-order valence-corrected chi connectivity index (χ1v) is 7.04. The third-order valence-corrected chi connectivity index (χ3v) is 3.65. The number of benzene rings is 2. The van der Waals surface area contributed by atoms with Crippen molar-refractivity contribution in [1.29, 1.82) is 0 Å². The summed E-state index contributed by atoms with van der Waals surface area (Å²) in [5, 5.41) is 0. The third kappa shape index (κ3) is 2.70. The lowest BCUT2D eigenvalue weighted by Crippen LogP contribution is -2.09. The molecule has 106 valence electrons. The van der Waals surface area contributed by atoms with Crippen LogP contribution in [0, 0.1) is 0 Å². The molecular formula is C19H18O2. The first-order chi connectivity index (χ1) is 10.3. The van der Waals surface area contributed by atoms with E-state index in [4.69, 9.17) is 9.47 Å². The molecule has 0 aromatic heterocycles. The summed E-state index contributed by atoms with van der Waals surface area (Å²) in [6.45, 7) is 3.83. The summed E-state index contributed by atoms with van der Waals surface area (Å²) in [6.07, 6.45) is 4.82. The Balaban J connectivity index is 1.99. The van der Waals surface area contributed by atoms with Gasteiger partial charge < -0.3 is 9.47 Å². The van der Waals surface area contributed by atoms with Crippen LogP contribution in [-0.2, 0) is 4.74 Å². The highest BCUT2D eigenvalue weighted by Crippen LogP contribution is 2.37. The summed E-state index contributed by atoms with van der Waals surface area (Å²) in [5.41, 5.74) is 3.48. The molecule has 3 rings (SSSR count). The van der Waals surface area contributed by atoms with Gasteiger partial charge in [0.05, 0.1) is 7.11 Å². The molecule has 0 radical (unpaired) electrons. The van der Waals surface area contributed by atoms with Crippen molar-refractivity contribution >= 4 is 11.8 Å². The second-order valence-electron chi connectivity index (χ2n) is 5.00. The average molecular weight is 278 g/mol. The summed E-state index contributed by atoms with van der Waals surface area (Å²) >= 11 is 0. The summed E-state index contributed by atoms with van der Waals surface area (Å²) in [6, 6.07) is 16.3. The van der Waals surface area contributed by atoms with Gasteiger partial charge in [-0.3, -0.25) is 0 Å². The SMILES string of the molecule is C=CCC1OC(c2ccc(OC)cc2)=Cc2ccccc21. The maximum absolute atomic E-state index is 6.16. The normalized spacial score (nSPS) is 16.4. The molecule has 0 N–H and O–H groups in total. The lowest BCUT2D eigenvalue weighted by atomic mass is 9.96. The highest BCUT2D eigenvalue weighted by atomic mass is 16.5. The maximum Gasteiger partial charge on any atom is 0.128 e. The third-order valence-electron chi connectivity index (χ3n) is 3.65. The number of hydrogen-bond donors (Lipinski definition) is 0. The van der Waals surface area contributed by atoms with Gasteiger partial charge in [0.2, 0.25) is 0 Å². The number of hydrogen-bond acceptors (Lipinski definition) is 2. The zero-order valence-corrected chi connectivity index (χ0v) is 12.1. The van der Waals surface area contributed by atoms with E-state index in [9.17, 15) is 0 Å². The monoisotopic (exact) mass is 278 g/mol. The molecule has 21 heavy (non-hydrogen) atoms. The Bertz CT molecular complexity index is 668. The Labute approximate surface area is 125 Å². The van der Waals surface area contributed by atoms with Gasteiger partial charge in [0.1, 0.15) is 17.6 Å². The van der Waals surface area contributed by atoms with Crippen LogP contribution in [0.3, 0.4) is 0 Å². The van der Waals surface area contributed by atoms with E-state index in [1.54, 1.807) is 7.11 Å². The Morgan fingerprint density at radius 3 is 2.62 bits per heavy atom. The van der Waals surface area contributed by atoms with Crippen LogP contribution in [0.4, 0.5) is 0 Å². The highest BCUT2D eigenvalue weighted by molar-refractivity contribution is 5.80. The molecule has 2 heteroatoms. The van der Waals surface area contributed by atoms with E-state index in [1.807, 2.05) is 36.4 Å². The van der Waals surface area contributed by atoms with Crippen molar-refractivity contribution < 1.29 is 9.47 Å². The van der Waals surface area contributed by atoms with Crippen molar-refractivity contribution in [2.45, 2.75) is 12.5 Å². The van der Waals surface area contributed by atoms with Crippen molar-refractivity contribution in [1.82, 2.24) is 0 Å². The molecule has 0 saturated heterocycles. The molecule has 2 aromatic rings. The summed E-state index contributed by atoms with van der Waals surface area (Å²) in [4.78, 5) is 0. The fourth-order valence-corrected chi connectivity index (χ4v) is 2.56. The number of rotatable bonds is 4. The summed E-state index contributed by atoms with van der Waals surface area (Å²) in [7, 11) is 1.67. The fraction of sp³-hybridized carbons (Fsp3) is 0.158. The lowest BCUT2D eigenvalue weighted by molar-refractivity contribution is 0.170. The van der Waals surface area contributed by atoms with E-state index in [0.717, 1.165) is 23.5 Å². The smallest absolute Gasteiger partial charge is 0.128 e. The molecule has 0 fully saturated rings. The Morgan fingerprint density at radius 2 is 1.90 bits per heavy atom. The van der Waals surface area contributed by atoms with Crippen LogP contribution < -0.4 is 4.74 Å². The van der Waals surface area contributed by atoms with Gasteiger partial charge in [0, 0.05) is 12.0 Å². The molecule has 1 atom stereocenters. The quantitative estimate of drug-likeness (QED) is 0.745. The molecular weight excluding hydrogens is 260 g/mol. The van der Waals surface area contributed by atoms with Gasteiger partial charge in [0.15, 0.2) is 0 Å². The Kier molecular flexibility index (Phi) is 3.78. The Morgan fingerprint density at radius 1 is 1.14 bits per heavy atom. The largest absolute Gasteiger partial charge is 0.497 e. The molecule has 0 saturated carbocycles. The van der Waals surface area contributed by atoms with Gasteiger partial charge >= 0.3 is 0 Å². The van der Waals surface area contributed by atoms with Crippen LogP contribution >= 0.6 is 0 Å². The molecule has 0 aliphatic carbocycles. The van der Waals surface area contributed by atoms with E-state index in [-0.39, 0.29) is 6.10 Å². The van der Waals surface area contributed by atoms with Crippen LogP contribution in [-0.4, -0.2) is 7.11 Å². The maximum atomic E-state index is 6.16. The van der Waals surface area contributed by atoms with Crippen molar-refractivity contribution in [2.75, 3.05) is 7.11 Å². The number of fused-ring (bicyclic) bond motifs is 1. The second kappa shape index (κ2) is 5.88. The standard InChI is InChI=1S/C19H18O2/c1-3-6-18-17-8-5-4-7-15(17)13-19(21-18)14-9-11-16(20-2)12-10-14/h3-5,7-13,18H,1,6H2,2H3. The lowest BCUT2D eigenvalue weighted by Gasteiger charge is -2.26. The van der Waals surface area contributed by atoms with Crippen molar-refractivity contribution in [3.8, 4) is 5.75 Å². The summed E-state index contributed by atoms with van der Waals surface area (Å²) in [5.74, 6) is 1.74. The first kappa shape index (κ1) is 13.5. The minimum absolute atomic E-state index is 0.0285. The van der Waals surface area contributed by atoms with Crippen LogP contribution in [0.1, 0.15) is 29.2 Å². The molecule has 2 aromatic carbocycles. The molecule has 2 nitrogen and oxygen atoms in total. The van der Waals surface area contributed by atoms with Crippen molar-refractivity contribution in [2.24, 2.45) is 0 Å². The van der Waals surface area contributed by atoms with Gasteiger partial charge in [-0.2, -0.15) is 0 Å². The molecule has 0 spiro atoms. The number of methoxy groups -OCH3 is 1.